The van der Waals surface area contributed by atoms with Gasteiger partial charge in [-0.1, -0.05) is 177 Å². The summed E-state index contributed by atoms with van der Waals surface area (Å²) in [5.41, 5.74) is 15.9. The second kappa shape index (κ2) is 13.8. The van der Waals surface area contributed by atoms with E-state index in [-0.39, 0.29) is 17.6 Å². The van der Waals surface area contributed by atoms with Gasteiger partial charge in [0.25, 0.3) is 0 Å². The molecule has 0 bridgehead atoms. The van der Waals surface area contributed by atoms with Gasteiger partial charge >= 0.3 is 0 Å². The molecule has 2 aromatic heterocycles. The minimum absolute atomic E-state index is 0.271. The van der Waals surface area contributed by atoms with Crippen LogP contribution in [0.1, 0.15) is 53.9 Å². The maximum Gasteiger partial charge on any atom is 0.201 e. The Bertz CT molecular complexity index is 3480. The smallest absolute Gasteiger partial charge is 0.201 e. The number of hydrogen-bond donors (Lipinski definition) is 1. The highest BCUT2D eigenvalue weighted by atomic mass is 32.1. The zero-order chi connectivity index (χ0) is 40.9. The Balaban J connectivity index is 0.989. The number of hydrogen-bond acceptors (Lipinski definition) is 3. The van der Waals surface area contributed by atoms with Crippen molar-refractivity contribution in [1.82, 2.24) is 4.57 Å². The van der Waals surface area contributed by atoms with Gasteiger partial charge in [0.2, 0.25) is 6.29 Å². The second-order valence-corrected chi connectivity index (χ2v) is 18.5. The minimum Gasteiger partial charge on any atom is -0.346 e. The first-order chi connectivity index (χ1) is 30.6. The number of nitrogens with one attached hydrogen (secondary N) is 1. The fourth-order valence-electron chi connectivity index (χ4n) is 11.4. The predicted molar refractivity (Wildman–Crippen MR) is 262 cm³/mol. The highest BCUT2D eigenvalue weighted by molar-refractivity contribution is 7.26. The van der Waals surface area contributed by atoms with E-state index in [2.05, 4.69) is 211 Å². The third kappa shape index (κ3) is 5.14. The van der Waals surface area contributed by atoms with Crippen LogP contribution >= 0.6 is 11.3 Å². The first-order valence-electron chi connectivity index (χ1n) is 22.0. The number of aliphatic imine (C=N–C) groups is 1. The topological polar surface area (TPSA) is 29.3 Å². The summed E-state index contributed by atoms with van der Waals surface area (Å²) in [5.74, 6) is 0.774. The van der Waals surface area contributed by atoms with Gasteiger partial charge in [-0.2, -0.15) is 0 Å². The lowest BCUT2D eigenvalue weighted by atomic mass is 9.61. The Labute approximate surface area is 365 Å². The molecule has 1 N–H and O–H groups in total. The van der Waals surface area contributed by atoms with Gasteiger partial charge in [0.05, 0.1) is 22.2 Å². The molecular weight excluding hydrogens is 771 g/mol. The molecule has 0 saturated heterocycles. The van der Waals surface area contributed by atoms with Crippen LogP contribution in [0.3, 0.4) is 0 Å². The van der Waals surface area contributed by atoms with Crippen LogP contribution in [0.5, 0.6) is 0 Å². The van der Waals surface area contributed by atoms with Crippen LogP contribution in [0.2, 0.25) is 0 Å². The van der Waals surface area contributed by atoms with Crippen molar-refractivity contribution < 1.29 is 0 Å². The van der Waals surface area contributed by atoms with Crippen molar-refractivity contribution in [2.75, 3.05) is 5.32 Å². The van der Waals surface area contributed by atoms with Gasteiger partial charge in [-0.3, -0.25) is 0 Å². The van der Waals surface area contributed by atoms with Gasteiger partial charge in [-0.15, -0.1) is 11.3 Å². The van der Waals surface area contributed by atoms with E-state index in [1.165, 1.54) is 80.9 Å². The molecule has 4 unspecified atom stereocenters. The van der Waals surface area contributed by atoms with Crippen LogP contribution < -0.4 is 5.32 Å². The Kier molecular flexibility index (Phi) is 7.92. The number of nitrogens with zero attached hydrogens (tertiary/aromatic N) is 2. The summed E-state index contributed by atoms with van der Waals surface area (Å²) in [6.45, 7) is 2.35. The number of rotatable bonds is 5. The highest BCUT2D eigenvalue weighted by Crippen LogP contribution is 2.59. The molecule has 0 amide bonds. The van der Waals surface area contributed by atoms with E-state index in [0.29, 0.717) is 5.92 Å². The molecule has 9 aromatic rings. The van der Waals surface area contributed by atoms with Crippen LogP contribution in [0.4, 0.5) is 5.69 Å². The third-order valence-electron chi connectivity index (χ3n) is 14.1. The molecule has 3 heterocycles. The number of benzene rings is 7. The van der Waals surface area contributed by atoms with Crippen molar-refractivity contribution in [2.24, 2.45) is 16.8 Å². The average molecular weight is 814 g/mol. The number of anilines is 1. The zero-order valence-corrected chi connectivity index (χ0v) is 35.2. The Morgan fingerprint density at radius 1 is 0.645 bits per heavy atom. The molecule has 7 aromatic carbocycles. The lowest BCUT2D eigenvalue weighted by Gasteiger charge is -2.41. The summed E-state index contributed by atoms with van der Waals surface area (Å²) in [6, 6.07) is 58.6. The summed E-state index contributed by atoms with van der Waals surface area (Å²) in [7, 11) is 0. The fraction of sp³-hybridized carbons (Fsp3) is 0.121. The van der Waals surface area contributed by atoms with Crippen LogP contribution in [-0.2, 0) is 5.41 Å². The summed E-state index contributed by atoms with van der Waals surface area (Å²) < 4.78 is 5.11. The molecule has 0 saturated carbocycles. The van der Waals surface area contributed by atoms with E-state index in [9.17, 15) is 0 Å². The SMILES string of the molecule is CC1C=CC2=C(C1)c1ccccc1C2(c1ccc2c3ccccc3n(C3N=C(c4ccc(-c5cccc6c5sc5ccccc56)cc4)c4ccccc4N3)c2c1)C1C=CC=CC1. The van der Waals surface area contributed by atoms with Crippen molar-refractivity contribution in [3.05, 3.63) is 228 Å². The lowest BCUT2D eigenvalue weighted by molar-refractivity contribution is 0.452. The molecule has 296 valence electrons. The Morgan fingerprint density at radius 2 is 1.39 bits per heavy atom. The first kappa shape index (κ1) is 35.7. The van der Waals surface area contributed by atoms with Gasteiger partial charge in [0, 0.05) is 47.8 Å². The van der Waals surface area contributed by atoms with Crippen molar-refractivity contribution in [3.63, 3.8) is 0 Å². The Morgan fingerprint density at radius 3 is 2.27 bits per heavy atom. The quantitative estimate of drug-likeness (QED) is 0.184. The van der Waals surface area contributed by atoms with Crippen LogP contribution in [0.15, 0.2) is 205 Å². The normalized spacial score (nSPS) is 21.4. The van der Waals surface area contributed by atoms with Crippen LogP contribution in [-0.4, -0.2) is 10.3 Å². The molecule has 62 heavy (non-hydrogen) atoms. The molecule has 1 aliphatic heterocycles. The van der Waals surface area contributed by atoms with Gasteiger partial charge < -0.3 is 9.88 Å². The molecule has 3 nitrogen and oxygen atoms in total. The summed E-state index contributed by atoms with van der Waals surface area (Å²) >= 11 is 1.88. The Hall–Kier alpha value is -7.01. The highest BCUT2D eigenvalue weighted by Gasteiger charge is 2.50. The van der Waals surface area contributed by atoms with Gasteiger partial charge in [-0.25, -0.2) is 4.99 Å². The molecule has 13 rings (SSSR count). The van der Waals surface area contributed by atoms with Crippen molar-refractivity contribution in [2.45, 2.75) is 31.5 Å². The predicted octanol–water partition coefficient (Wildman–Crippen LogP) is 15.0. The summed E-state index contributed by atoms with van der Waals surface area (Å²) in [5, 5.41) is 9.03. The van der Waals surface area contributed by atoms with E-state index in [1.54, 1.807) is 0 Å². The maximum atomic E-state index is 5.69. The van der Waals surface area contributed by atoms with E-state index in [4.69, 9.17) is 4.99 Å². The number of aromatic nitrogens is 1. The molecule has 3 aliphatic carbocycles. The zero-order valence-electron chi connectivity index (χ0n) is 34.4. The van der Waals surface area contributed by atoms with Gasteiger partial charge in [-0.05, 0) is 87.9 Å². The minimum atomic E-state index is -0.376. The molecule has 4 atom stereocenters. The number of para-hydroxylation sites is 2. The number of thiophene rings is 1. The average Bonchev–Trinajstić information content (AvgIpc) is 3.98. The molecule has 4 aliphatic rings. The van der Waals surface area contributed by atoms with Crippen molar-refractivity contribution in [1.29, 1.82) is 0 Å². The second-order valence-electron chi connectivity index (χ2n) is 17.5. The summed E-state index contributed by atoms with van der Waals surface area (Å²) in [6.07, 6.45) is 15.9. The number of fused-ring (bicyclic) bond motifs is 9. The monoisotopic (exact) mass is 813 g/mol. The van der Waals surface area contributed by atoms with Crippen molar-refractivity contribution in [3.8, 4) is 11.1 Å². The lowest BCUT2D eigenvalue weighted by Crippen LogP contribution is -2.36. The standard InChI is InChI=1S/C58H43N3S/c1-36-26-33-50-48(34-36)42-16-5-9-22-49(42)58(50,39-14-3-2-4-15-39)40-31-32-44-43-17-7-11-24-52(43)61(53(44)35-40)57-59-51-23-10-6-19-47(51)55(60-57)38-29-27-37(28-30-38)41-20-13-21-46-45-18-8-12-25-54(45)62-56(41)46/h2-14,16-33,35-36,39,57,59H,15,34H2,1H3. The molecule has 0 radical (unpaired) electrons. The molecule has 4 heteroatoms. The van der Waals surface area contributed by atoms with Crippen LogP contribution in [0.25, 0.3) is 58.7 Å². The van der Waals surface area contributed by atoms with Crippen molar-refractivity contribution >= 4 is 70.3 Å². The van der Waals surface area contributed by atoms with E-state index < -0.39 is 0 Å². The molecule has 0 fully saturated rings. The van der Waals surface area contributed by atoms with Gasteiger partial charge in [0.15, 0.2) is 0 Å². The fourth-order valence-corrected chi connectivity index (χ4v) is 12.6. The van der Waals surface area contributed by atoms with Gasteiger partial charge in [0.1, 0.15) is 0 Å². The maximum absolute atomic E-state index is 5.69. The van der Waals surface area contributed by atoms with E-state index in [0.717, 1.165) is 35.4 Å². The van der Waals surface area contributed by atoms with E-state index in [1.807, 2.05) is 11.3 Å². The number of allylic oxidation sites excluding steroid dienone is 8. The first-order valence-corrected chi connectivity index (χ1v) is 22.8. The largest absolute Gasteiger partial charge is 0.346 e. The van der Waals surface area contributed by atoms with Crippen LogP contribution in [0, 0.1) is 11.8 Å². The molecule has 0 spiro atoms. The third-order valence-corrected chi connectivity index (χ3v) is 15.3. The molecular formula is C58H43N3S. The van der Waals surface area contributed by atoms with E-state index >= 15 is 0 Å². The summed E-state index contributed by atoms with van der Waals surface area (Å²) in [4.78, 5) is 5.69.